The number of epoxide rings is 2. The van der Waals surface area contributed by atoms with E-state index in [4.69, 9.17) is 23.7 Å². The lowest BCUT2D eigenvalue weighted by Crippen LogP contribution is -2.53. The van der Waals surface area contributed by atoms with Crippen LogP contribution in [0, 0.1) is 0 Å². The maximum atomic E-state index is 13.1. The summed E-state index contributed by atoms with van der Waals surface area (Å²) in [7, 11) is 3.14. The average molecular weight is 570 g/mol. The molecule has 0 bridgehead atoms. The molecule has 4 saturated heterocycles. The molecule has 0 saturated carbocycles. The molecule has 0 radical (unpaired) electrons. The number of nitrogens with zero attached hydrogens (tertiary/aromatic N) is 1. The van der Waals surface area contributed by atoms with Crippen LogP contribution in [0.3, 0.4) is 0 Å². The molecule has 12 nitrogen and oxygen atoms in total. The Labute approximate surface area is 234 Å². The number of cyclic esters (lactones) is 1. The van der Waals surface area contributed by atoms with Gasteiger partial charge in [-0.25, -0.2) is 4.79 Å². The summed E-state index contributed by atoms with van der Waals surface area (Å²) >= 11 is 0. The Balaban J connectivity index is 1.46. The van der Waals surface area contributed by atoms with Crippen molar-refractivity contribution in [2.45, 2.75) is 126 Å². The Kier molecular flexibility index (Phi) is 10.0. The van der Waals surface area contributed by atoms with Crippen molar-refractivity contribution in [2.24, 2.45) is 0 Å². The van der Waals surface area contributed by atoms with Gasteiger partial charge in [0.2, 0.25) is 0 Å². The van der Waals surface area contributed by atoms with Gasteiger partial charge >= 0.3 is 5.97 Å². The molecule has 2 N–H and O–H groups in total. The lowest BCUT2D eigenvalue weighted by molar-refractivity contribution is -0.163. The first-order valence-electron chi connectivity index (χ1n) is 14.4. The number of fused-ring (bicyclic) bond motifs is 3. The molecule has 8 atom stereocenters. The Morgan fingerprint density at radius 2 is 1.65 bits per heavy atom. The van der Waals surface area contributed by atoms with Crippen molar-refractivity contribution in [3.63, 3.8) is 0 Å². The SMILES string of the molecule is COC1CC2OC2(O)C(=O)C(=O)N2CCCCC2C(=O)OCCC(O)CC(=O)CC2OC2(C)CCC[C@H](OC)C1. The standard InChI is InChI=1S/C28H43NO11/c1-27-10-6-7-19(36-2)15-20(37-3)16-23-28(35,40-23)24(32)25(33)29-11-5-4-8-21(29)26(34)38-12-9-17(30)13-18(31)14-22(27)39-27/h17,19-23,30,35H,4-16H2,1-3H3/t17?,19-,20?,21?,22?,23?,27?,28?/m0/s1. The molecule has 4 aliphatic heterocycles. The van der Waals surface area contributed by atoms with Gasteiger partial charge in [0.15, 0.2) is 0 Å². The van der Waals surface area contributed by atoms with Crippen molar-refractivity contribution in [2.75, 3.05) is 27.4 Å². The number of hydrogen-bond acceptors (Lipinski definition) is 11. The molecule has 4 aliphatic rings. The second-order valence-electron chi connectivity index (χ2n) is 11.7. The summed E-state index contributed by atoms with van der Waals surface area (Å²) in [6.07, 6.45) is 2.05. The summed E-state index contributed by atoms with van der Waals surface area (Å²) in [5, 5.41) is 21.2. The number of aliphatic hydroxyl groups excluding tert-OH is 1. The van der Waals surface area contributed by atoms with Crippen molar-refractivity contribution >= 4 is 23.4 Å². The maximum absolute atomic E-state index is 13.1. The van der Waals surface area contributed by atoms with Crippen LogP contribution in [0.2, 0.25) is 0 Å². The predicted octanol–water partition coefficient (Wildman–Crippen LogP) is 0.819. The number of rotatable bonds is 2. The number of amides is 1. The van der Waals surface area contributed by atoms with Gasteiger partial charge in [-0.2, -0.15) is 0 Å². The first-order chi connectivity index (χ1) is 19.0. The van der Waals surface area contributed by atoms with Gasteiger partial charge in [-0.05, 0) is 51.9 Å². The van der Waals surface area contributed by atoms with Gasteiger partial charge in [-0.15, -0.1) is 0 Å². The maximum Gasteiger partial charge on any atom is 0.328 e. The van der Waals surface area contributed by atoms with E-state index in [1.807, 2.05) is 6.92 Å². The third-order valence-corrected chi connectivity index (χ3v) is 8.73. The number of carbonyl (C=O) groups excluding carboxylic acids is 4. The normalized spacial score (nSPS) is 40.9. The van der Waals surface area contributed by atoms with E-state index in [-0.39, 0.29) is 56.8 Å². The minimum atomic E-state index is -2.26. The van der Waals surface area contributed by atoms with Gasteiger partial charge < -0.3 is 38.8 Å². The average Bonchev–Trinajstić information content (AvgIpc) is 3.79. The van der Waals surface area contributed by atoms with E-state index in [2.05, 4.69) is 0 Å². The van der Waals surface area contributed by atoms with Crippen LogP contribution in [0.25, 0.3) is 0 Å². The number of methoxy groups -OCH3 is 2. The summed E-state index contributed by atoms with van der Waals surface area (Å²) in [5.41, 5.74) is -0.401. The van der Waals surface area contributed by atoms with Crippen LogP contribution in [-0.2, 0) is 42.9 Å². The molecule has 7 unspecified atom stereocenters. The third kappa shape index (κ3) is 7.27. The first-order valence-corrected chi connectivity index (χ1v) is 14.4. The van der Waals surface area contributed by atoms with E-state index in [0.717, 1.165) is 17.7 Å². The molecule has 226 valence electrons. The van der Waals surface area contributed by atoms with Gasteiger partial charge in [-0.3, -0.25) is 14.4 Å². The minimum Gasteiger partial charge on any atom is -0.464 e. The Morgan fingerprint density at radius 3 is 2.38 bits per heavy atom. The zero-order valence-electron chi connectivity index (χ0n) is 23.7. The molecule has 12 heteroatoms. The molecule has 4 rings (SSSR count). The molecule has 1 amide bonds. The van der Waals surface area contributed by atoms with E-state index >= 15 is 0 Å². The summed E-state index contributed by atoms with van der Waals surface area (Å²) in [6, 6.07) is -0.981. The van der Waals surface area contributed by atoms with Gasteiger partial charge in [0.1, 0.15) is 17.9 Å². The first kappa shape index (κ1) is 31.0. The molecular formula is C28H43NO11. The van der Waals surface area contributed by atoms with Crippen LogP contribution < -0.4 is 0 Å². The molecule has 40 heavy (non-hydrogen) atoms. The van der Waals surface area contributed by atoms with Crippen LogP contribution in [0.4, 0.5) is 0 Å². The monoisotopic (exact) mass is 569 g/mol. The van der Waals surface area contributed by atoms with Crippen molar-refractivity contribution in [1.29, 1.82) is 0 Å². The van der Waals surface area contributed by atoms with Crippen molar-refractivity contribution < 1.29 is 53.1 Å². The second kappa shape index (κ2) is 12.9. The van der Waals surface area contributed by atoms with Crippen LogP contribution >= 0.6 is 0 Å². The fraction of sp³-hybridized carbons (Fsp3) is 0.857. The van der Waals surface area contributed by atoms with Crippen LogP contribution in [-0.4, -0.2) is 114 Å². The molecule has 4 fully saturated rings. The quantitative estimate of drug-likeness (QED) is 0.275. The number of ether oxygens (including phenoxy) is 5. The highest BCUT2D eigenvalue weighted by Crippen LogP contribution is 2.43. The van der Waals surface area contributed by atoms with Gasteiger partial charge in [-0.1, -0.05) is 0 Å². The highest BCUT2D eigenvalue weighted by molar-refractivity contribution is 6.39. The highest BCUT2D eigenvalue weighted by atomic mass is 16.7. The molecule has 0 aliphatic carbocycles. The fourth-order valence-corrected chi connectivity index (χ4v) is 5.94. The van der Waals surface area contributed by atoms with Crippen LogP contribution in [0.15, 0.2) is 0 Å². The lowest BCUT2D eigenvalue weighted by atomic mass is 9.93. The zero-order chi connectivity index (χ0) is 29.1. The van der Waals surface area contributed by atoms with Crippen LogP contribution in [0.5, 0.6) is 0 Å². The number of esters is 1. The Bertz CT molecular complexity index is 959. The van der Waals surface area contributed by atoms with E-state index in [1.54, 1.807) is 7.11 Å². The van der Waals surface area contributed by atoms with E-state index < -0.39 is 53.4 Å². The van der Waals surface area contributed by atoms with Crippen molar-refractivity contribution in [1.82, 2.24) is 4.90 Å². The van der Waals surface area contributed by atoms with Gasteiger partial charge in [0.05, 0.1) is 36.6 Å². The number of Topliss-reactive ketones (excluding diaryl/α,β-unsaturated/α-hetero) is 2. The van der Waals surface area contributed by atoms with E-state index in [0.29, 0.717) is 32.1 Å². The molecule has 0 aromatic heterocycles. The number of carbonyl (C=O) groups is 4. The largest absolute Gasteiger partial charge is 0.464 e. The highest BCUT2D eigenvalue weighted by Gasteiger charge is 2.65. The Morgan fingerprint density at radius 1 is 0.900 bits per heavy atom. The molecular weight excluding hydrogens is 526 g/mol. The van der Waals surface area contributed by atoms with Crippen molar-refractivity contribution in [3.05, 3.63) is 0 Å². The Hall–Kier alpha value is -1.96. The topological polar surface area (TPSA) is 165 Å². The second-order valence-corrected chi connectivity index (χ2v) is 11.7. The smallest absolute Gasteiger partial charge is 0.328 e. The minimum absolute atomic E-state index is 0.0637. The van der Waals surface area contributed by atoms with Crippen molar-refractivity contribution in [3.8, 4) is 0 Å². The number of piperidine rings is 1. The summed E-state index contributed by atoms with van der Waals surface area (Å²) in [4.78, 5) is 52.7. The summed E-state index contributed by atoms with van der Waals surface area (Å²) in [6.45, 7) is 2.01. The van der Waals surface area contributed by atoms with Gasteiger partial charge in [0, 0.05) is 46.4 Å². The van der Waals surface area contributed by atoms with E-state index in [1.165, 1.54) is 7.11 Å². The van der Waals surface area contributed by atoms with Crippen LogP contribution in [0.1, 0.15) is 77.6 Å². The molecule has 0 aromatic carbocycles. The third-order valence-electron chi connectivity index (χ3n) is 8.73. The summed E-state index contributed by atoms with van der Waals surface area (Å²) < 4.78 is 27.7. The summed E-state index contributed by atoms with van der Waals surface area (Å²) in [5.74, 6) is -5.18. The lowest BCUT2D eigenvalue weighted by Gasteiger charge is -2.33. The number of aliphatic hydroxyl groups is 2. The molecule has 0 aromatic rings. The number of ketones is 2. The van der Waals surface area contributed by atoms with Gasteiger partial charge in [0.25, 0.3) is 17.5 Å². The zero-order valence-corrected chi connectivity index (χ0v) is 23.7. The molecule has 0 spiro atoms. The fourth-order valence-electron chi connectivity index (χ4n) is 5.94. The van der Waals surface area contributed by atoms with E-state index in [9.17, 15) is 29.4 Å². The molecule has 4 heterocycles. The predicted molar refractivity (Wildman–Crippen MR) is 138 cm³/mol. The number of hydrogen-bond donors (Lipinski definition) is 2.